The average Bonchev–Trinajstić information content (AvgIpc) is 3.10. The van der Waals surface area contributed by atoms with Gasteiger partial charge >= 0.3 is 0 Å². The van der Waals surface area contributed by atoms with Gasteiger partial charge in [-0.05, 0) is 30.5 Å². The van der Waals surface area contributed by atoms with E-state index in [0.717, 1.165) is 6.54 Å². The molecule has 0 aliphatic heterocycles. The Hall–Kier alpha value is -1.81. The van der Waals surface area contributed by atoms with Gasteiger partial charge in [0.05, 0.1) is 12.1 Å². The average molecular weight is 474 g/mol. The van der Waals surface area contributed by atoms with Crippen LogP contribution in [0.2, 0.25) is 0 Å². The topological polar surface area (TPSA) is 85.8 Å². The molecule has 0 unspecified atom stereocenters. The summed E-state index contributed by atoms with van der Waals surface area (Å²) < 4.78 is 0. The number of rotatable bonds is 7. The van der Waals surface area contributed by atoms with Crippen molar-refractivity contribution in [2.45, 2.75) is 13.5 Å². The highest BCUT2D eigenvalue weighted by atomic mass is 127. The van der Waals surface area contributed by atoms with Crippen LogP contribution < -0.4 is 16.0 Å². The molecule has 1 aromatic heterocycles. The quantitative estimate of drug-likeness (QED) is 0.215. The molecule has 1 amide bonds. The molecular formula is C17H23IN4O2S. The molecule has 8 heteroatoms. The lowest BCUT2D eigenvalue weighted by atomic mass is 10.2. The number of halogens is 1. The number of aromatic hydroxyl groups is 1. The number of thiophene rings is 1. The van der Waals surface area contributed by atoms with Crippen molar-refractivity contribution in [1.82, 2.24) is 16.0 Å². The maximum absolute atomic E-state index is 12.0. The number of carbonyl (C=O) groups excluding carboxylic acids is 1. The first kappa shape index (κ1) is 21.2. The number of hydrogen-bond acceptors (Lipinski definition) is 4. The predicted octanol–water partition coefficient (Wildman–Crippen LogP) is 2.56. The smallest absolute Gasteiger partial charge is 0.255 e. The lowest BCUT2D eigenvalue weighted by Crippen LogP contribution is -2.41. The van der Waals surface area contributed by atoms with Gasteiger partial charge in [0.1, 0.15) is 5.75 Å². The van der Waals surface area contributed by atoms with Crippen LogP contribution in [0.25, 0.3) is 0 Å². The first-order valence-corrected chi connectivity index (χ1v) is 8.69. The van der Waals surface area contributed by atoms with Crippen molar-refractivity contribution in [3.8, 4) is 5.75 Å². The fourth-order valence-corrected chi connectivity index (χ4v) is 2.65. The Kier molecular flexibility index (Phi) is 9.93. The van der Waals surface area contributed by atoms with Crippen LogP contribution in [0.1, 0.15) is 22.2 Å². The molecule has 0 saturated carbocycles. The standard InChI is InChI=1S/C17H22N4O2S.HI/c1-2-18-17(21-12-13-6-5-11-24-13)20-10-9-19-16(23)14-7-3-4-8-15(14)22;/h3-8,11,22H,2,9-10,12H2,1H3,(H,19,23)(H2,18,20,21);1H. The summed E-state index contributed by atoms with van der Waals surface area (Å²) in [6.45, 7) is 4.35. The van der Waals surface area contributed by atoms with E-state index in [1.165, 1.54) is 10.9 Å². The van der Waals surface area contributed by atoms with Crippen molar-refractivity contribution in [2.24, 2.45) is 4.99 Å². The SMILES string of the molecule is CCNC(=NCc1cccs1)NCCNC(=O)c1ccccc1O.I. The van der Waals surface area contributed by atoms with Crippen LogP contribution >= 0.6 is 35.3 Å². The molecule has 136 valence electrons. The highest BCUT2D eigenvalue weighted by Crippen LogP contribution is 2.14. The van der Waals surface area contributed by atoms with Gasteiger partial charge in [-0.25, -0.2) is 4.99 Å². The van der Waals surface area contributed by atoms with Crippen LogP contribution in [-0.4, -0.2) is 36.6 Å². The zero-order chi connectivity index (χ0) is 17.2. The molecule has 0 fully saturated rings. The number of phenolic OH excluding ortho intramolecular Hbond substituents is 1. The van der Waals surface area contributed by atoms with Gasteiger partial charge < -0.3 is 21.1 Å². The zero-order valence-corrected chi connectivity index (χ0v) is 17.1. The molecule has 6 nitrogen and oxygen atoms in total. The number of para-hydroxylation sites is 1. The Labute approximate surface area is 168 Å². The summed E-state index contributed by atoms with van der Waals surface area (Å²) in [6, 6.07) is 10.5. The summed E-state index contributed by atoms with van der Waals surface area (Å²) >= 11 is 1.67. The second-order valence-corrected chi connectivity index (χ2v) is 6.01. The van der Waals surface area contributed by atoms with Gasteiger partial charge in [0.25, 0.3) is 5.91 Å². The van der Waals surface area contributed by atoms with Crippen LogP contribution in [0.3, 0.4) is 0 Å². The van der Waals surface area contributed by atoms with E-state index in [0.29, 0.717) is 25.6 Å². The lowest BCUT2D eigenvalue weighted by Gasteiger charge is -2.12. The zero-order valence-electron chi connectivity index (χ0n) is 14.0. The van der Waals surface area contributed by atoms with Gasteiger partial charge in [0.2, 0.25) is 0 Å². The molecule has 4 N–H and O–H groups in total. The van der Waals surface area contributed by atoms with E-state index in [2.05, 4.69) is 20.9 Å². The third-order valence-corrected chi connectivity index (χ3v) is 4.03. The van der Waals surface area contributed by atoms with Crippen molar-refractivity contribution in [3.05, 3.63) is 52.2 Å². The van der Waals surface area contributed by atoms with Crippen molar-refractivity contribution < 1.29 is 9.90 Å². The summed E-state index contributed by atoms with van der Waals surface area (Å²) in [4.78, 5) is 17.7. The molecule has 25 heavy (non-hydrogen) atoms. The van der Waals surface area contributed by atoms with Crippen molar-refractivity contribution in [1.29, 1.82) is 0 Å². The Morgan fingerprint density at radius 3 is 2.56 bits per heavy atom. The number of benzene rings is 1. The minimum atomic E-state index is -0.296. The van der Waals surface area contributed by atoms with E-state index in [-0.39, 0.29) is 41.2 Å². The van der Waals surface area contributed by atoms with E-state index in [1.807, 2.05) is 24.4 Å². The second kappa shape index (κ2) is 11.7. The molecule has 0 saturated heterocycles. The molecule has 1 heterocycles. The van der Waals surface area contributed by atoms with E-state index in [9.17, 15) is 9.90 Å². The minimum absolute atomic E-state index is 0. The lowest BCUT2D eigenvalue weighted by molar-refractivity contribution is 0.0951. The van der Waals surface area contributed by atoms with Gasteiger partial charge in [-0.1, -0.05) is 18.2 Å². The molecule has 0 aliphatic carbocycles. The van der Waals surface area contributed by atoms with Crippen LogP contribution in [0.5, 0.6) is 5.75 Å². The summed E-state index contributed by atoms with van der Waals surface area (Å²) in [7, 11) is 0. The van der Waals surface area contributed by atoms with Crippen LogP contribution in [0.15, 0.2) is 46.8 Å². The van der Waals surface area contributed by atoms with E-state index >= 15 is 0 Å². The number of guanidine groups is 1. The Morgan fingerprint density at radius 1 is 1.12 bits per heavy atom. The normalized spacial score (nSPS) is 10.7. The minimum Gasteiger partial charge on any atom is -0.507 e. The summed E-state index contributed by atoms with van der Waals surface area (Å²) in [5, 5.41) is 20.8. The summed E-state index contributed by atoms with van der Waals surface area (Å²) in [6.07, 6.45) is 0. The Balaban J connectivity index is 0.00000312. The number of nitrogens with zero attached hydrogens (tertiary/aromatic N) is 1. The maximum atomic E-state index is 12.0. The predicted molar refractivity (Wildman–Crippen MR) is 113 cm³/mol. The maximum Gasteiger partial charge on any atom is 0.255 e. The third-order valence-electron chi connectivity index (χ3n) is 3.17. The first-order valence-electron chi connectivity index (χ1n) is 7.81. The fraction of sp³-hybridized carbons (Fsp3) is 0.294. The molecular weight excluding hydrogens is 451 g/mol. The molecule has 0 aliphatic rings. The van der Waals surface area contributed by atoms with Crippen LogP contribution in [0, 0.1) is 0 Å². The highest BCUT2D eigenvalue weighted by Gasteiger charge is 2.09. The molecule has 2 aromatic rings. The fourth-order valence-electron chi connectivity index (χ4n) is 2.02. The van der Waals surface area contributed by atoms with Crippen molar-refractivity contribution >= 4 is 47.2 Å². The molecule has 0 atom stereocenters. The number of hydrogen-bond donors (Lipinski definition) is 4. The second-order valence-electron chi connectivity index (χ2n) is 4.97. The first-order chi connectivity index (χ1) is 11.7. The Morgan fingerprint density at radius 2 is 1.88 bits per heavy atom. The summed E-state index contributed by atoms with van der Waals surface area (Å²) in [5.74, 6) is 0.395. The van der Waals surface area contributed by atoms with E-state index in [1.54, 1.807) is 29.5 Å². The largest absolute Gasteiger partial charge is 0.507 e. The highest BCUT2D eigenvalue weighted by molar-refractivity contribution is 14.0. The number of amides is 1. The van der Waals surface area contributed by atoms with Gasteiger partial charge in [-0.3, -0.25) is 4.79 Å². The van der Waals surface area contributed by atoms with Crippen molar-refractivity contribution in [3.63, 3.8) is 0 Å². The van der Waals surface area contributed by atoms with E-state index < -0.39 is 0 Å². The molecule has 2 rings (SSSR count). The van der Waals surface area contributed by atoms with Crippen LogP contribution in [0.4, 0.5) is 0 Å². The molecule has 0 bridgehead atoms. The third kappa shape index (κ3) is 7.30. The molecule has 1 aromatic carbocycles. The van der Waals surface area contributed by atoms with Gasteiger partial charge in [0, 0.05) is 24.5 Å². The Bertz CT molecular complexity index is 677. The number of carbonyl (C=O) groups is 1. The van der Waals surface area contributed by atoms with Crippen LogP contribution in [-0.2, 0) is 6.54 Å². The number of aliphatic imine (C=N–C) groups is 1. The van der Waals surface area contributed by atoms with E-state index in [4.69, 9.17) is 0 Å². The summed E-state index contributed by atoms with van der Waals surface area (Å²) in [5.41, 5.74) is 0.274. The molecule has 0 spiro atoms. The van der Waals surface area contributed by atoms with Gasteiger partial charge in [-0.2, -0.15) is 0 Å². The number of phenols is 1. The molecule has 0 radical (unpaired) electrons. The number of nitrogens with one attached hydrogen (secondary N) is 3. The van der Waals surface area contributed by atoms with Gasteiger partial charge in [0.15, 0.2) is 5.96 Å². The van der Waals surface area contributed by atoms with Crippen molar-refractivity contribution in [2.75, 3.05) is 19.6 Å². The van der Waals surface area contributed by atoms with Gasteiger partial charge in [-0.15, -0.1) is 35.3 Å². The monoisotopic (exact) mass is 474 g/mol.